The Morgan fingerprint density at radius 2 is 1.95 bits per heavy atom. The molecule has 0 heterocycles. The summed E-state index contributed by atoms with van der Waals surface area (Å²) >= 11 is 0. The first-order valence-electron chi connectivity index (χ1n) is 7.61. The molecule has 3 unspecified atom stereocenters. The van der Waals surface area contributed by atoms with E-state index in [4.69, 9.17) is 4.74 Å². The van der Waals surface area contributed by atoms with E-state index in [1.54, 1.807) is 0 Å². The number of aryl methyl sites for hydroxylation is 1. The van der Waals surface area contributed by atoms with Gasteiger partial charge in [-0.15, -0.1) is 0 Å². The highest BCUT2D eigenvalue weighted by Crippen LogP contribution is 2.35. The maximum Gasteiger partial charge on any atom is 0.120 e. The van der Waals surface area contributed by atoms with Crippen molar-refractivity contribution in [2.75, 3.05) is 0 Å². The van der Waals surface area contributed by atoms with Gasteiger partial charge in [0.05, 0.1) is 12.2 Å². The molecule has 0 bridgehead atoms. The van der Waals surface area contributed by atoms with E-state index in [-0.39, 0.29) is 6.10 Å². The van der Waals surface area contributed by atoms with E-state index >= 15 is 0 Å². The van der Waals surface area contributed by atoms with Crippen LogP contribution in [0.5, 0.6) is 5.75 Å². The van der Waals surface area contributed by atoms with Gasteiger partial charge in [-0.1, -0.05) is 19.9 Å². The van der Waals surface area contributed by atoms with Gasteiger partial charge in [-0.25, -0.2) is 0 Å². The van der Waals surface area contributed by atoms with Crippen LogP contribution in [0, 0.1) is 11.8 Å². The zero-order chi connectivity index (χ0) is 13.4. The summed E-state index contributed by atoms with van der Waals surface area (Å²) in [4.78, 5) is 0. The Labute approximate surface area is 115 Å². The smallest absolute Gasteiger partial charge is 0.120 e. The zero-order valence-electron chi connectivity index (χ0n) is 11.9. The van der Waals surface area contributed by atoms with E-state index in [1.165, 1.54) is 24.8 Å². The molecule has 3 rings (SSSR count). The first-order valence-corrected chi connectivity index (χ1v) is 7.61. The van der Waals surface area contributed by atoms with E-state index in [9.17, 15) is 5.11 Å². The van der Waals surface area contributed by atoms with Gasteiger partial charge in [-0.2, -0.15) is 0 Å². The third kappa shape index (κ3) is 2.64. The number of ether oxygens (including phenoxy) is 1. The molecule has 0 saturated heterocycles. The van der Waals surface area contributed by atoms with Crippen LogP contribution >= 0.6 is 0 Å². The second kappa shape index (κ2) is 5.16. The first-order chi connectivity index (χ1) is 9.13. The Balaban J connectivity index is 1.68. The van der Waals surface area contributed by atoms with E-state index in [0.29, 0.717) is 6.10 Å². The fourth-order valence-electron chi connectivity index (χ4n) is 3.44. The minimum absolute atomic E-state index is 0.264. The maximum absolute atomic E-state index is 9.82. The van der Waals surface area contributed by atoms with Crippen molar-refractivity contribution in [2.45, 2.75) is 58.2 Å². The number of rotatable bonds is 2. The second-order valence-corrected chi connectivity index (χ2v) is 6.42. The quantitative estimate of drug-likeness (QED) is 0.874. The normalized spacial score (nSPS) is 34.1. The minimum Gasteiger partial charge on any atom is -0.490 e. The Kier molecular flexibility index (Phi) is 3.53. The van der Waals surface area contributed by atoms with Crippen molar-refractivity contribution in [1.29, 1.82) is 0 Å². The molecule has 2 heteroatoms. The van der Waals surface area contributed by atoms with Crippen LogP contribution in [0.2, 0.25) is 0 Å². The third-order valence-electron chi connectivity index (χ3n) is 5.01. The molecule has 0 aliphatic heterocycles. The van der Waals surface area contributed by atoms with Gasteiger partial charge in [0.15, 0.2) is 0 Å². The van der Waals surface area contributed by atoms with Crippen LogP contribution in [0.3, 0.4) is 0 Å². The maximum atomic E-state index is 9.82. The van der Waals surface area contributed by atoms with Crippen molar-refractivity contribution in [2.24, 2.45) is 11.8 Å². The summed E-state index contributed by atoms with van der Waals surface area (Å²) in [5.41, 5.74) is 2.36. The predicted octanol–water partition coefficient (Wildman–Crippen LogP) is 3.87. The van der Waals surface area contributed by atoms with Crippen molar-refractivity contribution in [3.8, 4) is 5.75 Å². The lowest BCUT2D eigenvalue weighted by molar-refractivity contribution is 0.101. The largest absolute Gasteiger partial charge is 0.490 e. The van der Waals surface area contributed by atoms with Gasteiger partial charge in [0.2, 0.25) is 0 Å². The van der Waals surface area contributed by atoms with Crippen molar-refractivity contribution >= 4 is 0 Å². The Morgan fingerprint density at radius 3 is 2.74 bits per heavy atom. The van der Waals surface area contributed by atoms with Gasteiger partial charge >= 0.3 is 0 Å². The molecule has 4 atom stereocenters. The molecule has 2 aliphatic rings. The zero-order valence-corrected chi connectivity index (χ0v) is 11.9. The van der Waals surface area contributed by atoms with Gasteiger partial charge in [-0.3, -0.25) is 0 Å². The fraction of sp³-hybridized carbons (Fsp3) is 0.647. The Bertz CT molecular complexity index is 455. The standard InChI is InChI=1S/C17H24O2/c1-11-3-5-14(9-12(11)2)19-15-6-7-16-13(10-15)4-8-17(16)18/h6-7,10-12,14,17-18H,3-5,8-9H2,1-2H3/t11?,12?,14?,17-/m1/s1. The Morgan fingerprint density at radius 1 is 1.11 bits per heavy atom. The Hall–Kier alpha value is -1.02. The summed E-state index contributed by atoms with van der Waals surface area (Å²) in [6.45, 7) is 4.68. The molecule has 0 spiro atoms. The van der Waals surface area contributed by atoms with Crippen LogP contribution < -0.4 is 4.74 Å². The van der Waals surface area contributed by atoms with Crippen LogP contribution in [-0.2, 0) is 6.42 Å². The first kappa shape index (κ1) is 13.0. The topological polar surface area (TPSA) is 29.5 Å². The number of fused-ring (bicyclic) bond motifs is 1. The van der Waals surface area contributed by atoms with Crippen molar-refractivity contribution in [3.05, 3.63) is 29.3 Å². The minimum atomic E-state index is -0.264. The van der Waals surface area contributed by atoms with Gasteiger partial charge < -0.3 is 9.84 Å². The van der Waals surface area contributed by atoms with Crippen molar-refractivity contribution in [1.82, 2.24) is 0 Å². The average molecular weight is 260 g/mol. The molecule has 2 nitrogen and oxygen atoms in total. The number of aliphatic hydroxyl groups excluding tert-OH is 1. The molecule has 0 radical (unpaired) electrons. The third-order valence-corrected chi connectivity index (χ3v) is 5.01. The number of hydrogen-bond donors (Lipinski definition) is 1. The van der Waals surface area contributed by atoms with Gasteiger partial charge in [0.1, 0.15) is 5.75 Å². The molecule has 0 aromatic heterocycles. The highest BCUT2D eigenvalue weighted by atomic mass is 16.5. The van der Waals surface area contributed by atoms with Gasteiger partial charge in [-0.05, 0) is 67.2 Å². The summed E-state index contributed by atoms with van der Waals surface area (Å²) in [6, 6.07) is 6.20. The van der Waals surface area contributed by atoms with Crippen LogP contribution in [0.1, 0.15) is 56.8 Å². The van der Waals surface area contributed by atoms with Crippen LogP contribution in [0.15, 0.2) is 18.2 Å². The summed E-state index contributed by atoms with van der Waals surface area (Å²) in [5, 5.41) is 9.82. The number of benzene rings is 1. The van der Waals surface area contributed by atoms with E-state index in [2.05, 4.69) is 19.9 Å². The average Bonchev–Trinajstić information content (AvgIpc) is 2.75. The van der Waals surface area contributed by atoms with Gasteiger partial charge in [0.25, 0.3) is 0 Å². The lowest BCUT2D eigenvalue weighted by Crippen LogP contribution is -2.28. The summed E-state index contributed by atoms with van der Waals surface area (Å²) < 4.78 is 6.15. The SMILES string of the molecule is CC1CCC(Oc2ccc3c(c2)CC[C@H]3O)CC1C. The molecule has 1 saturated carbocycles. The van der Waals surface area contributed by atoms with Gasteiger partial charge in [0, 0.05) is 0 Å². The molecular weight excluding hydrogens is 236 g/mol. The van der Waals surface area contributed by atoms with Crippen LogP contribution in [0.25, 0.3) is 0 Å². The highest BCUT2D eigenvalue weighted by Gasteiger charge is 2.26. The number of hydrogen-bond acceptors (Lipinski definition) is 2. The summed E-state index contributed by atoms with van der Waals surface area (Å²) in [5.74, 6) is 2.57. The molecular formula is C17H24O2. The van der Waals surface area contributed by atoms with E-state index < -0.39 is 0 Å². The molecule has 1 aromatic rings. The molecule has 2 aliphatic carbocycles. The predicted molar refractivity (Wildman–Crippen MR) is 76.3 cm³/mol. The molecule has 1 fully saturated rings. The fourth-order valence-corrected chi connectivity index (χ4v) is 3.44. The molecule has 19 heavy (non-hydrogen) atoms. The van der Waals surface area contributed by atoms with E-state index in [0.717, 1.165) is 36.0 Å². The van der Waals surface area contributed by atoms with Crippen molar-refractivity contribution < 1.29 is 9.84 Å². The molecule has 104 valence electrons. The lowest BCUT2D eigenvalue weighted by atomic mass is 9.80. The van der Waals surface area contributed by atoms with Crippen LogP contribution in [-0.4, -0.2) is 11.2 Å². The van der Waals surface area contributed by atoms with Crippen molar-refractivity contribution in [3.63, 3.8) is 0 Å². The molecule has 0 amide bonds. The molecule has 1 aromatic carbocycles. The monoisotopic (exact) mass is 260 g/mol. The van der Waals surface area contributed by atoms with E-state index in [1.807, 2.05) is 12.1 Å². The lowest BCUT2D eigenvalue weighted by Gasteiger charge is -2.32. The summed E-state index contributed by atoms with van der Waals surface area (Å²) in [6.07, 6.45) is 5.56. The number of aliphatic hydroxyl groups is 1. The highest BCUT2D eigenvalue weighted by molar-refractivity contribution is 5.39. The second-order valence-electron chi connectivity index (χ2n) is 6.42. The summed E-state index contributed by atoms with van der Waals surface area (Å²) in [7, 11) is 0. The van der Waals surface area contributed by atoms with Crippen LogP contribution in [0.4, 0.5) is 0 Å². The molecule has 1 N–H and O–H groups in total.